The first-order valence-electron chi connectivity index (χ1n) is 10.4. The molecule has 0 spiro atoms. The van der Waals surface area contributed by atoms with Crippen LogP contribution in [0.15, 0.2) is 34.2 Å². The van der Waals surface area contributed by atoms with Crippen LogP contribution in [-0.2, 0) is 40.7 Å². The Balaban J connectivity index is 0.00000363. The summed E-state index contributed by atoms with van der Waals surface area (Å²) in [6.45, 7) is 3.79. The Morgan fingerprint density at radius 3 is 2.91 bits per heavy atom. The first kappa shape index (κ1) is 26.5. The van der Waals surface area contributed by atoms with Crippen LogP contribution in [0.5, 0.6) is 0 Å². The number of nitrogens with zero attached hydrogens (tertiary/aromatic N) is 4. The highest BCUT2D eigenvalue weighted by molar-refractivity contribution is 14.0. The summed E-state index contributed by atoms with van der Waals surface area (Å²) in [4.78, 5) is 9.07. The first-order valence-corrected chi connectivity index (χ1v) is 11.9. The number of benzene rings is 1. The molecule has 3 N–H and O–H groups in total. The van der Waals surface area contributed by atoms with E-state index in [0.717, 1.165) is 43.0 Å². The third kappa shape index (κ3) is 7.12. The number of aryl methyl sites for hydroxylation is 2. The lowest BCUT2D eigenvalue weighted by molar-refractivity contribution is 0.204. The molecular formula is C20H32IN7O3S. The van der Waals surface area contributed by atoms with Gasteiger partial charge in [-0.25, -0.2) is 22.8 Å². The van der Waals surface area contributed by atoms with Gasteiger partial charge < -0.3 is 15.4 Å². The van der Waals surface area contributed by atoms with E-state index < -0.39 is 10.0 Å². The van der Waals surface area contributed by atoms with E-state index in [1.165, 1.54) is 7.11 Å². The minimum atomic E-state index is -3.57. The molecule has 1 aliphatic rings. The number of halogens is 1. The second kappa shape index (κ2) is 12.5. The maximum atomic E-state index is 12.4. The fourth-order valence-corrected chi connectivity index (χ4v) is 4.47. The summed E-state index contributed by atoms with van der Waals surface area (Å²) in [6, 6.07) is 7.04. The normalized spacial score (nSPS) is 16.2. The summed E-state index contributed by atoms with van der Waals surface area (Å²) >= 11 is 0. The van der Waals surface area contributed by atoms with Gasteiger partial charge in [-0.3, -0.25) is 4.99 Å². The minimum Gasteiger partial charge on any atom is -0.383 e. The number of hydrogen-bond donors (Lipinski definition) is 3. The van der Waals surface area contributed by atoms with Gasteiger partial charge in [0, 0.05) is 46.1 Å². The molecule has 0 amide bonds. The Labute approximate surface area is 206 Å². The molecule has 0 saturated heterocycles. The van der Waals surface area contributed by atoms with Crippen LogP contribution in [0.25, 0.3) is 0 Å². The van der Waals surface area contributed by atoms with Crippen LogP contribution < -0.4 is 15.4 Å². The summed E-state index contributed by atoms with van der Waals surface area (Å²) in [5.74, 6) is 2.58. The highest BCUT2D eigenvalue weighted by Gasteiger charge is 2.22. The highest BCUT2D eigenvalue weighted by Crippen LogP contribution is 2.14. The van der Waals surface area contributed by atoms with Crippen LogP contribution in [0.3, 0.4) is 0 Å². The molecule has 1 unspecified atom stereocenters. The van der Waals surface area contributed by atoms with E-state index in [0.29, 0.717) is 19.1 Å². The maximum Gasteiger partial charge on any atom is 0.240 e. The zero-order chi connectivity index (χ0) is 22.3. The van der Waals surface area contributed by atoms with Gasteiger partial charge in [0.05, 0.1) is 18.0 Å². The van der Waals surface area contributed by atoms with Gasteiger partial charge in [0.15, 0.2) is 11.8 Å². The Morgan fingerprint density at radius 2 is 2.19 bits per heavy atom. The minimum absolute atomic E-state index is 0. The lowest BCUT2D eigenvalue weighted by Crippen LogP contribution is -2.46. The molecular weight excluding hydrogens is 545 g/mol. The van der Waals surface area contributed by atoms with E-state index in [2.05, 4.69) is 37.4 Å². The number of guanidine groups is 1. The van der Waals surface area contributed by atoms with E-state index >= 15 is 0 Å². The van der Waals surface area contributed by atoms with E-state index in [1.54, 1.807) is 25.2 Å². The predicted molar refractivity (Wildman–Crippen MR) is 134 cm³/mol. The van der Waals surface area contributed by atoms with Gasteiger partial charge in [0.25, 0.3) is 0 Å². The number of ether oxygens (including phenoxy) is 1. The van der Waals surface area contributed by atoms with E-state index in [1.807, 2.05) is 10.7 Å². The van der Waals surface area contributed by atoms with E-state index in [-0.39, 0.29) is 41.5 Å². The van der Waals surface area contributed by atoms with Crippen molar-refractivity contribution in [2.45, 2.75) is 50.2 Å². The number of aromatic nitrogens is 3. The first-order chi connectivity index (χ1) is 14.9. The Bertz CT molecular complexity index is 1010. The van der Waals surface area contributed by atoms with Gasteiger partial charge in [-0.15, -0.1) is 24.0 Å². The number of hydrogen-bond acceptors (Lipinski definition) is 6. The smallest absolute Gasteiger partial charge is 0.240 e. The summed E-state index contributed by atoms with van der Waals surface area (Å²) in [7, 11) is -0.323. The van der Waals surface area contributed by atoms with Gasteiger partial charge in [-0.2, -0.15) is 5.10 Å². The Hall–Kier alpha value is -1.77. The maximum absolute atomic E-state index is 12.4. The van der Waals surface area contributed by atoms with Crippen molar-refractivity contribution in [2.24, 2.45) is 4.99 Å². The van der Waals surface area contributed by atoms with Gasteiger partial charge in [0.2, 0.25) is 10.0 Å². The zero-order valence-corrected chi connectivity index (χ0v) is 21.8. The highest BCUT2D eigenvalue weighted by atomic mass is 127. The average molecular weight is 577 g/mol. The van der Waals surface area contributed by atoms with Crippen molar-refractivity contribution in [3.8, 4) is 0 Å². The van der Waals surface area contributed by atoms with Crippen LogP contribution in [0.2, 0.25) is 0 Å². The second-order valence-corrected chi connectivity index (χ2v) is 9.09. The predicted octanol–water partition coefficient (Wildman–Crippen LogP) is 1.06. The molecule has 1 aliphatic heterocycles. The van der Waals surface area contributed by atoms with Gasteiger partial charge in [0.1, 0.15) is 5.82 Å². The largest absolute Gasteiger partial charge is 0.383 e. The molecule has 32 heavy (non-hydrogen) atoms. The monoisotopic (exact) mass is 577 g/mol. The van der Waals surface area contributed by atoms with Crippen LogP contribution in [-0.4, -0.2) is 62.5 Å². The second-order valence-electron chi connectivity index (χ2n) is 7.32. The topological polar surface area (TPSA) is 123 Å². The number of methoxy groups -OCH3 is 1. The van der Waals surface area contributed by atoms with Gasteiger partial charge in [-0.05, 0) is 24.1 Å². The molecule has 0 fully saturated rings. The van der Waals surface area contributed by atoms with E-state index in [4.69, 9.17) is 4.74 Å². The molecule has 0 saturated carbocycles. The summed E-state index contributed by atoms with van der Waals surface area (Å²) < 4.78 is 34.2. The average Bonchev–Trinajstić information content (AvgIpc) is 3.19. The van der Waals surface area contributed by atoms with Crippen LogP contribution in [0.4, 0.5) is 0 Å². The third-order valence-electron chi connectivity index (χ3n) is 5.05. The summed E-state index contributed by atoms with van der Waals surface area (Å²) in [5, 5.41) is 11.2. The summed E-state index contributed by atoms with van der Waals surface area (Å²) in [5.41, 5.74) is 0.840. The van der Waals surface area contributed by atoms with Crippen molar-refractivity contribution in [3.63, 3.8) is 0 Å². The van der Waals surface area contributed by atoms with Crippen molar-refractivity contribution < 1.29 is 13.2 Å². The van der Waals surface area contributed by atoms with E-state index in [9.17, 15) is 8.42 Å². The number of fused-ring (bicyclic) bond motifs is 1. The van der Waals surface area contributed by atoms with Crippen molar-refractivity contribution in [3.05, 3.63) is 41.5 Å². The fraction of sp³-hybridized carbons (Fsp3) is 0.550. The molecule has 178 valence electrons. The Morgan fingerprint density at radius 1 is 1.38 bits per heavy atom. The molecule has 2 heterocycles. The van der Waals surface area contributed by atoms with Crippen LogP contribution in [0.1, 0.15) is 30.6 Å². The van der Waals surface area contributed by atoms with Crippen molar-refractivity contribution in [2.75, 3.05) is 27.3 Å². The number of nitrogens with one attached hydrogen (secondary N) is 3. The lowest BCUT2D eigenvalue weighted by Gasteiger charge is -2.25. The molecule has 1 atom stereocenters. The molecule has 3 rings (SSSR count). The quantitative estimate of drug-likeness (QED) is 0.176. The van der Waals surface area contributed by atoms with Gasteiger partial charge >= 0.3 is 0 Å². The van der Waals surface area contributed by atoms with Crippen LogP contribution in [0, 0.1) is 0 Å². The van der Waals surface area contributed by atoms with Crippen LogP contribution >= 0.6 is 24.0 Å². The van der Waals surface area contributed by atoms with Gasteiger partial charge in [-0.1, -0.05) is 19.1 Å². The standard InChI is InChI=1S/C20H31N7O3S.HI/c1-4-18-25-19-9-8-16(14-27(19)26-18)24-20(21-2)22-13-15-6-5-7-17(12-15)31(28,29)23-10-11-30-3;/h5-7,12,16,23H,4,8-11,13-14H2,1-3H3,(H2,21,22,24);1H. The lowest BCUT2D eigenvalue weighted by atomic mass is 10.1. The zero-order valence-electron chi connectivity index (χ0n) is 18.7. The van der Waals surface area contributed by atoms with Crippen molar-refractivity contribution in [1.82, 2.24) is 30.1 Å². The molecule has 1 aromatic heterocycles. The molecule has 12 heteroatoms. The Kier molecular flexibility index (Phi) is 10.3. The number of rotatable bonds is 9. The fourth-order valence-electron chi connectivity index (χ4n) is 3.39. The SMILES string of the molecule is CCc1nc2n(n1)CC(NC(=NC)NCc1cccc(S(=O)(=O)NCCOC)c1)CC2.I. The van der Waals surface area contributed by atoms with Crippen molar-refractivity contribution >= 4 is 40.0 Å². The van der Waals surface area contributed by atoms with Crippen molar-refractivity contribution in [1.29, 1.82) is 0 Å². The number of sulfonamides is 1. The number of aliphatic imine (C=N–C) groups is 1. The summed E-state index contributed by atoms with van der Waals surface area (Å²) in [6.07, 6.45) is 2.65. The third-order valence-corrected chi connectivity index (χ3v) is 6.51. The molecule has 2 aromatic rings. The molecule has 0 bridgehead atoms. The molecule has 10 nitrogen and oxygen atoms in total. The molecule has 1 aromatic carbocycles. The molecule has 0 aliphatic carbocycles. The molecule has 0 radical (unpaired) electrons.